The van der Waals surface area contributed by atoms with E-state index in [9.17, 15) is 4.79 Å². The minimum absolute atomic E-state index is 0.0610. The van der Waals surface area contributed by atoms with Crippen LogP contribution in [0.4, 0.5) is 5.69 Å². The normalized spacial score (nSPS) is 10.2. The van der Waals surface area contributed by atoms with E-state index in [1.54, 1.807) is 0 Å². The van der Waals surface area contributed by atoms with Gasteiger partial charge in [0.2, 0.25) is 5.91 Å². The number of halogens is 2. The summed E-state index contributed by atoms with van der Waals surface area (Å²) in [5.74, 6) is -0.393. The lowest BCUT2D eigenvalue weighted by molar-refractivity contribution is -0.116. The number of tetrazole rings is 1. The molecule has 0 unspecified atom stereocenters. The molecule has 0 atom stereocenters. The average Bonchev–Trinajstić information content (AvgIpc) is 2.76. The van der Waals surface area contributed by atoms with Crippen LogP contribution in [0.2, 0.25) is 10.3 Å². The quantitative estimate of drug-likeness (QED) is 0.814. The molecule has 10 heteroatoms. The van der Waals surface area contributed by atoms with E-state index in [0.29, 0.717) is 0 Å². The van der Waals surface area contributed by atoms with Gasteiger partial charge < -0.3 is 5.32 Å². The highest BCUT2D eigenvalue weighted by atomic mass is 35.5. The average molecular weight is 274 g/mol. The molecule has 0 saturated heterocycles. The Bertz CT molecular complexity index is 509. The third-order valence-corrected chi connectivity index (χ3v) is 2.29. The number of amides is 1. The van der Waals surface area contributed by atoms with Gasteiger partial charge in [-0.25, -0.2) is 14.6 Å². The van der Waals surface area contributed by atoms with Crippen LogP contribution in [0.15, 0.2) is 12.7 Å². The minimum atomic E-state index is -0.393. The molecule has 0 aromatic carbocycles. The number of anilines is 1. The number of hydrogen-bond acceptors (Lipinski definition) is 6. The van der Waals surface area contributed by atoms with Gasteiger partial charge in [-0.3, -0.25) is 4.79 Å². The van der Waals surface area contributed by atoms with E-state index in [4.69, 9.17) is 23.2 Å². The van der Waals surface area contributed by atoms with Crippen molar-refractivity contribution in [2.45, 2.75) is 6.54 Å². The molecule has 0 saturated carbocycles. The molecule has 2 aromatic heterocycles. The Balaban J connectivity index is 2.08. The summed E-state index contributed by atoms with van der Waals surface area (Å²) < 4.78 is 1.25. The van der Waals surface area contributed by atoms with E-state index in [2.05, 4.69) is 30.8 Å². The van der Waals surface area contributed by atoms with Crippen LogP contribution in [-0.4, -0.2) is 36.1 Å². The van der Waals surface area contributed by atoms with Crippen LogP contribution in [0.3, 0.4) is 0 Å². The first-order chi connectivity index (χ1) is 8.16. The number of nitrogens with one attached hydrogen (secondary N) is 1. The van der Waals surface area contributed by atoms with Gasteiger partial charge in [-0.1, -0.05) is 23.2 Å². The Hall–Kier alpha value is -1.80. The molecule has 0 bridgehead atoms. The summed E-state index contributed by atoms with van der Waals surface area (Å²) in [6, 6.07) is 0. The standard InChI is InChI=1S/C7H5Cl2N7O/c8-6-5(7(9)11-2-10-6)13-4(17)1-16-3-12-14-15-16/h2-3H,1H2,(H,13,17). The summed E-state index contributed by atoms with van der Waals surface area (Å²) in [5, 5.41) is 12.9. The van der Waals surface area contributed by atoms with Crippen molar-refractivity contribution < 1.29 is 4.79 Å². The largest absolute Gasteiger partial charge is 0.319 e. The van der Waals surface area contributed by atoms with E-state index >= 15 is 0 Å². The van der Waals surface area contributed by atoms with Gasteiger partial charge in [-0.2, -0.15) is 0 Å². The highest BCUT2D eigenvalue weighted by molar-refractivity contribution is 6.38. The van der Waals surface area contributed by atoms with E-state index < -0.39 is 5.91 Å². The predicted octanol–water partition coefficient (Wildman–Crippen LogP) is 0.409. The Kier molecular flexibility index (Phi) is 3.45. The SMILES string of the molecule is O=C(Cn1cnnn1)Nc1c(Cl)ncnc1Cl. The number of carbonyl (C=O) groups is 1. The number of carbonyl (C=O) groups excluding carboxylic acids is 1. The fourth-order valence-electron chi connectivity index (χ4n) is 1.03. The summed E-state index contributed by atoms with van der Waals surface area (Å²) in [4.78, 5) is 19.0. The third kappa shape index (κ3) is 2.86. The lowest BCUT2D eigenvalue weighted by atomic mass is 10.5. The van der Waals surface area contributed by atoms with Gasteiger partial charge in [0.05, 0.1) is 0 Å². The van der Waals surface area contributed by atoms with Gasteiger partial charge in [0, 0.05) is 0 Å². The molecule has 0 radical (unpaired) electrons. The maximum Gasteiger partial charge on any atom is 0.246 e. The number of rotatable bonds is 3. The third-order valence-electron chi connectivity index (χ3n) is 1.72. The van der Waals surface area contributed by atoms with E-state index in [1.807, 2.05) is 0 Å². The summed E-state index contributed by atoms with van der Waals surface area (Å²) in [5.41, 5.74) is 0.161. The van der Waals surface area contributed by atoms with Crippen LogP contribution >= 0.6 is 23.2 Å². The zero-order chi connectivity index (χ0) is 12.3. The summed E-state index contributed by atoms with van der Waals surface area (Å²) in [6.45, 7) is -0.0610. The summed E-state index contributed by atoms with van der Waals surface area (Å²) in [6.07, 6.45) is 2.51. The van der Waals surface area contributed by atoms with Crippen molar-refractivity contribution >= 4 is 34.8 Å². The van der Waals surface area contributed by atoms with Crippen LogP contribution in [0.1, 0.15) is 0 Å². The lowest BCUT2D eigenvalue weighted by Gasteiger charge is -2.06. The van der Waals surface area contributed by atoms with E-state index in [-0.39, 0.29) is 22.5 Å². The zero-order valence-corrected chi connectivity index (χ0v) is 9.72. The van der Waals surface area contributed by atoms with Crippen molar-refractivity contribution in [3.8, 4) is 0 Å². The van der Waals surface area contributed by atoms with Gasteiger partial charge in [0.25, 0.3) is 0 Å². The van der Waals surface area contributed by atoms with Crippen LogP contribution in [0.25, 0.3) is 0 Å². The van der Waals surface area contributed by atoms with Crippen molar-refractivity contribution in [1.29, 1.82) is 0 Å². The fraction of sp³-hybridized carbons (Fsp3) is 0.143. The number of aromatic nitrogens is 6. The first kappa shape index (κ1) is 11.7. The molecule has 0 aliphatic carbocycles. The monoisotopic (exact) mass is 273 g/mol. The first-order valence-electron chi connectivity index (χ1n) is 4.33. The van der Waals surface area contributed by atoms with E-state index in [1.165, 1.54) is 17.3 Å². The molecule has 2 heterocycles. The molecule has 0 spiro atoms. The lowest BCUT2D eigenvalue weighted by Crippen LogP contribution is -2.20. The molecular weight excluding hydrogens is 269 g/mol. The molecule has 0 aliphatic heterocycles. The van der Waals surface area contributed by atoms with Crippen molar-refractivity contribution in [3.63, 3.8) is 0 Å². The maximum absolute atomic E-state index is 11.6. The molecule has 88 valence electrons. The topological polar surface area (TPSA) is 98.5 Å². The van der Waals surface area contributed by atoms with Gasteiger partial charge >= 0.3 is 0 Å². The van der Waals surface area contributed by atoms with Crippen LogP contribution in [0.5, 0.6) is 0 Å². The van der Waals surface area contributed by atoms with Crippen molar-refractivity contribution in [3.05, 3.63) is 23.0 Å². The van der Waals surface area contributed by atoms with Gasteiger partial charge in [0.1, 0.15) is 24.9 Å². The molecule has 0 aliphatic rings. The Morgan fingerprint density at radius 2 is 2.06 bits per heavy atom. The fourth-order valence-corrected chi connectivity index (χ4v) is 1.44. The summed E-state index contributed by atoms with van der Waals surface area (Å²) >= 11 is 11.5. The predicted molar refractivity (Wildman–Crippen MR) is 58.5 cm³/mol. The van der Waals surface area contributed by atoms with Crippen molar-refractivity contribution in [2.75, 3.05) is 5.32 Å². The second-order valence-electron chi connectivity index (χ2n) is 2.89. The second kappa shape index (κ2) is 5.02. The molecule has 2 rings (SSSR count). The van der Waals surface area contributed by atoms with Crippen LogP contribution < -0.4 is 5.32 Å². The molecular formula is C7H5Cl2N7O. The summed E-state index contributed by atoms with van der Waals surface area (Å²) in [7, 11) is 0. The Morgan fingerprint density at radius 3 is 2.65 bits per heavy atom. The van der Waals surface area contributed by atoms with Crippen molar-refractivity contribution in [1.82, 2.24) is 30.2 Å². The highest BCUT2D eigenvalue weighted by Gasteiger charge is 2.12. The molecule has 0 fully saturated rings. The second-order valence-corrected chi connectivity index (χ2v) is 3.60. The molecule has 1 N–H and O–H groups in total. The number of hydrogen-bond donors (Lipinski definition) is 1. The highest BCUT2D eigenvalue weighted by Crippen LogP contribution is 2.25. The van der Waals surface area contributed by atoms with Gasteiger partial charge in [-0.15, -0.1) is 5.10 Å². The van der Waals surface area contributed by atoms with Crippen molar-refractivity contribution in [2.24, 2.45) is 0 Å². The Morgan fingerprint density at radius 1 is 1.35 bits per heavy atom. The molecule has 8 nitrogen and oxygen atoms in total. The first-order valence-corrected chi connectivity index (χ1v) is 5.09. The smallest absolute Gasteiger partial charge is 0.246 e. The minimum Gasteiger partial charge on any atom is -0.319 e. The Labute approximate surface area is 105 Å². The zero-order valence-electron chi connectivity index (χ0n) is 8.21. The van der Waals surface area contributed by atoms with E-state index in [0.717, 1.165) is 0 Å². The van der Waals surface area contributed by atoms with Crippen LogP contribution in [0, 0.1) is 0 Å². The van der Waals surface area contributed by atoms with Crippen LogP contribution in [-0.2, 0) is 11.3 Å². The molecule has 1 amide bonds. The van der Waals surface area contributed by atoms with Gasteiger partial charge in [0.15, 0.2) is 10.3 Å². The molecule has 2 aromatic rings. The van der Waals surface area contributed by atoms with Gasteiger partial charge in [-0.05, 0) is 10.4 Å². The molecule has 17 heavy (non-hydrogen) atoms. The maximum atomic E-state index is 11.6. The number of nitrogens with zero attached hydrogens (tertiary/aromatic N) is 6.